The summed E-state index contributed by atoms with van der Waals surface area (Å²) in [4.78, 5) is 46.6. The Balaban J connectivity index is 1.66. The van der Waals surface area contributed by atoms with Crippen molar-refractivity contribution in [2.75, 3.05) is 6.54 Å². The fraction of sp³-hybridized carbons (Fsp3) is 0.300. The molecule has 0 bridgehead atoms. The summed E-state index contributed by atoms with van der Waals surface area (Å²) >= 11 is 0. The van der Waals surface area contributed by atoms with Crippen molar-refractivity contribution >= 4 is 16.8 Å². The standard InChI is InChI=1S/C20H20N4O3/c25-18(23-11-4-3-9-17(23)14-6-5-10-21-12-14)13-24-19(26)15-7-1-2-8-16(15)22-20(24)27/h1-2,5-8,10,12,17H,3-4,9,11,13H2,(H,22,27)/t17-/m0/s1. The van der Waals surface area contributed by atoms with Crippen LogP contribution in [0.3, 0.4) is 0 Å². The van der Waals surface area contributed by atoms with E-state index in [1.165, 1.54) is 0 Å². The van der Waals surface area contributed by atoms with E-state index in [-0.39, 0.29) is 18.5 Å². The Morgan fingerprint density at radius 3 is 2.81 bits per heavy atom. The Labute approximate surface area is 155 Å². The lowest BCUT2D eigenvalue weighted by Gasteiger charge is -2.36. The predicted molar refractivity (Wildman–Crippen MR) is 101 cm³/mol. The number of amides is 1. The van der Waals surface area contributed by atoms with Gasteiger partial charge in [-0.1, -0.05) is 18.2 Å². The van der Waals surface area contributed by atoms with Gasteiger partial charge in [-0.3, -0.25) is 19.1 Å². The average molecular weight is 364 g/mol. The van der Waals surface area contributed by atoms with Crippen molar-refractivity contribution in [1.82, 2.24) is 19.4 Å². The zero-order valence-corrected chi connectivity index (χ0v) is 14.8. The zero-order valence-electron chi connectivity index (χ0n) is 14.8. The number of carbonyl (C=O) groups is 1. The Kier molecular flexibility index (Phi) is 4.58. The van der Waals surface area contributed by atoms with Crippen LogP contribution in [0.15, 0.2) is 58.4 Å². The summed E-state index contributed by atoms with van der Waals surface area (Å²) in [6, 6.07) is 10.5. The minimum atomic E-state index is -0.568. The van der Waals surface area contributed by atoms with Crippen molar-refractivity contribution in [2.24, 2.45) is 0 Å². The van der Waals surface area contributed by atoms with E-state index >= 15 is 0 Å². The molecular weight excluding hydrogens is 344 g/mol. The highest BCUT2D eigenvalue weighted by Gasteiger charge is 2.28. The number of rotatable bonds is 3. The summed E-state index contributed by atoms with van der Waals surface area (Å²) in [5, 5.41) is 0.396. The quantitative estimate of drug-likeness (QED) is 0.768. The molecule has 0 aliphatic carbocycles. The first kappa shape index (κ1) is 17.2. The maximum absolute atomic E-state index is 13.0. The van der Waals surface area contributed by atoms with Gasteiger partial charge in [0.25, 0.3) is 5.56 Å². The van der Waals surface area contributed by atoms with Crippen molar-refractivity contribution in [3.05, 3.63) is 75.2 Å². The second-order valence-corrected chi connectivity index (χ2v) is 6.75. The van der Waals surface area contributed by atoms with Gasteiger partial charge in [-0.25, -0.2) is 4.79 Å². The van der Waals surface area contributed by atoms with E-state index < -0.39 is 11.2 Å². The van der Waals surface area contributed by atoms with Crippen LogP contribution in [0.4, 0.5) is 0 Å². The highest BCUT2D eigenvalue weighted by molar-refractivity contribution is 5.79. The van der Waals surface area contributed by atoms with Crippen LogP contribution >= 0.6 is 0 Å². The molecule has 0 radical (unpaired) electrons. The first-order valence-corrected chi connectivity index (χ1v) is 9.06. The molecule has 138 valence electrons. The van der Waals surface area contributed by atoms with Gasteiger partial charge in [-0.05, 0) is 43.0 Å². The van der Waals surface area contributed by atoms with Gasteiger partial charge >= 0.3 is 5.69 Å². The van der Waals surface area contributed by atoms with Crippen LogP contribution in [-0.2, 0) is 11.3 Å². The number of H-pyrrole nitrogens is 1. The van der Waals surface area contributed by atoms with Gasteiger partial charge in [0.1, 0.15) is 6.54 Å². The summed E-state index contributed by atoms with van der Waals surface area (Å²) in [6.07, 6.45) is 6.25. The predicted octanol–water partition coefficient (Wildman–Crippen LogP) is 1.84. The molecule has 1 fully saturated rings. The molecule has 7 nitrogen and oxygen atoms in total. The molecule has 3 heterocycles. The lowest BCUT2D eigenvalue weighted by molar-refractivity contribution is -0.135. The van der Waals surface area contributed by atoms with Crippen molar-refractivity contribution in [1.29, 1.82) is 0 Å². The largest absolute Gasteiger partial charge is 0.334 e. The highest BCUT2D eigenvalue weighted by Crippen LogP contribution is 2.30. The van der Waals surface area contributed by atoms with Crippen molar-refractivity contribution < 1.29 is 4.79 Å². The SMILES string of the molecule is O=C(Cn1c(=O)[nH]c2ccccc2c1=O)N1CCCC[C@H]1c1cccnc1. The third-order valence-electron chi connectivity index (χ3n) is 5.08. The van der Waals surface area contributed by atoms with E-state index in [0.717, 1.165) is 29.4 Å². The number of pyridine rings is 1. The average Bonchev–Trinajstić information content (AvgIpc) is 2.71. The number of likely N-dealkylation sites (tertiary alicyclic amines) is 1. The topological polar surface area (TPSA) is 88.1 Å². The molecule has 0 unspecified atom stereocenters. The van der Waals surface area contributed by atoms with E-state index in [4.69, 9.17) is 0 Å². The number of para-hydroxylation sites is 1. The number of fused-ring (bicyclic) bond motifs is 1. The number of piperidine rings is 1. The van der Waals surface area contributed by atoms with Gasteiger partial charge in [0.05, 0.1) is 16.9 Å². The van der Waals surface area contributed by atoms with Crippen LogP contribution in [0.25, 0.3) is 10.9 Å². The van der Waals surface area contributed by atoms with Crippen molar-refractivity contribution in [3.8, 4) is 0 Å². The maximum atomic E-state index is 13.0. The lowest BCUT2D eigenvalue weighted by Crippen LogP contribution is -2.45. The molecule has 1 N–H and O–H groups in total. The van der Waals surface area contributed by atoms with E-state index in [9.17, 15) is 14.4 Å². The first-order chi connectivity index (χ1) is 13.1. The smallest absolute Gasteiger partial charge is 0.329 e. The fourth-order valence-corrected chi connectivity index (χ4v) is 3.72. The highest BCUT2D eigenvalue weighted by atomic mass is 16.2. The van der Waals surface area contributed by atoms with Crippen LogP contribution in [0.1, 0.15) is 30.9 Å². The molecule has 1 saturated heterocycles. The van der Waals surface area contributed by atoms with Gasteiger partial charge in [-0.2, -0.15) is 0 Å². The van der Waals surface area contributed by atoms with Crippen molar-refractivity contribution in [2.45, 2.75) is 31.8 Å². The molecule has 7 heteroatoms. The second kappa shape index (κ2) is 7.19. The molecule has 1 aromatic carbocycles. The molecule has 0 saturated carbocycles. The molecule has 1 amide bonds. The molecule has 0 spiro atoms. The Morgan fingerprint density at radius 2 is 2.00 bits per heavy atom. The van der Waals surface area contributed by atoms with Crippen LogP contribution in [0, 0.1) is 0 Å². The number of aromatic amines is 1. The summed E-state index contributed by atoms with van der Waals surface area (Å²) in [7, 11) is 0. The lowest BCUT2D eigenvalue weighted by atomic mass is 9.96. The number of nitrogens with zero attached hydrogens (tertiary/aromatic N) is 3. The third kappa shape index (κ3) is 3.28. The van der Waals surface area contributed by atoms with Crippen LogP contribution in [0.5, 0.6) is 0 Å². The number of hydrogen-bond donors (Lipinski definition) is 1. The molecule has 1 aliphatic rings. The van der Waals surface area contributed by atoms with Crippen molar-refractivity contribution in [3.63, 3.8) is 0 Å². The molecule has 1 atom stereocenters. The summed E-state index contributed by atoms with van der Waals surface area (Å²) in [5.74, 6) is -0.230. The number of nitrogens with one attached hydrogen (secondary N) is 1. The minimum Gasteiger partial charge on any atom is -0.334 e. The second-order valence-electron chi connectivity index (χ2n) is 6.75. The van der Waals surface area contributed by atoms with Gasteiger partial charge < -0.3 is 9.88 Å². The fourth-order valence-electron chi connectivity index (χ4n) is 3.72. The Bertz CT molecular complexity index is 1090. The first-order valence-electron chi connectivity index (χ1n) is 9.06. The van der Waals surface area contributed by atoms with E-state index in [0.29, 0.717) is 17.4 Å². The number of hydrogen-bond acceptors (Lipinski definition) is 4. The van der Waals surface area contributed by atoms with Crippen LogP contribution in [0.2, 0.25) is 0 Å². The Hall–Kier alpha value is -3.22. The third-order valence-corrected chi connectivity index (χ3v) is 5.08. The maximum Gasteiger partial charge on any atom is 0.329 e. The number of aromatic nitrogens is 3. The molecule has 27 heavy (non-hydrogen) atoms. The summed E-state index contributed by atoms with van der Waals surface area (Å²) in [5.41, 5.74) is 0.437. The molecule has 3 aromatic rings. The van der Waals surface area contributed by atoms with Gasteiger partial charge in [-0.15, -0.1) is 0 Å². The van der Waals surface area contributed by atoms with Gasteiger partial charge in [0.15, 0.2) is 0 Å². The van der Waals surface area contributed by atoms with E-state index in [1.807, 2.05) is 12.1 Å². The molecular formula is C20H20N4O3. The monoisotopic (exact) mass is 364 g/mol. The summed E-state index contributed by atoms with van der Waals surface area (Å²) in [6.45, 7) is 0.342. The van der Waals surface area contributed by atoms with Crippen LogP contribution in [-0.4, -0.2) is 31.9 Å². The number of benzene rings is 1. The summed E-state index contributed by atoms with van der Waals surface area (Å²) < 4.78 is 0.986. The van der Waals surface area contributed by atoms with Gasteiger partial charge in [0, 0.05) is 18.9 Å². The molecule has 1 aliphatic heterocycles. The zero-order chi connectivity index (χ0) is 18.8. The normalized spacial score (nSPS) is 17.2. The molecule has 4 rings (SSSR count). The number of carbonyl (C=O) groups excluding carboxylic acids is 1. The van der Waals surface area contributed by atoms with E-state index in [1.54, 1.807) is 41.6 Å². The Morgan fingerprint density at radius 1 is 1.15 bits per heavy atom. The molecule has 2 aromatic heterocycles. The van der Waals surface area contributed by atoms with E-state index in [2.05, 4.69) is 9.97 Å². The van der Waals surface area contributed by atoms with Crippen LogP contribution < -0.4 is 11.2 Å². The van der Waals surface area contributed by atoms with Gasteiger partial charge in [0.2, 0.25) is 5.91 Å². The minimum absolute atomic E-state index is 0.0739.